The number of rotatable bonds is 2. The van der Waals surface area contributed by atoms with Crippen LogP contribution >= 0.6 is 0 Å². The SMILES string of the molecule is CCOC=O.Nc1ccncc1N. The number of nitrogen functional groups attached to an aromatic ring is 2. The van der Waals surface area contributed by atoms with Crippen molar-refractivity contribution in [2.45, 2.75) is 6.92 Å². The summed E-state index contributed by atoms with van der Waals surface area (Å²) in [6, 6.07) is 1.66. The van der Waals surface area contributed by atoms with Crippen molar-refractivity contribution < 1.29 is 9.53 Å². The molecule has 0 saturated carbocycles. The molecule has 72 valence electrons. The molecular weight excluding hydrogens is 170 g/mol. The number of carbonyl (C=O) groups excluding carboxylic acids is 1. The Kier molecular flexibility index (Phi) is 5.96. The smallest absolute Gasteiger partial charge is 0.293 e. The summed E-state index contributed by atoms with van der Waals surface area (Å²) in [5.41, 5.74) is 11.8. The Morgan fingerprint density at radius 3 is 2.46 bits per heavy atom. The van der Waals surface area contributed by atoms with E-state index in [1.54, 1.807) is 19.2 Å². The molecule has 0 unspecified atom stereocenters. The Morgan fingerprint density at radius 2 is 2.23 bits per heavy atom. The number of aromatic nitrogens is 1. The van der Waals surface area contributed by atoms with Crippen molar-refractivity contribution in [2.75, 3.05) is 18.1 Å². The van der Waals surface area contributed by atoms with Gasteiger partial charge in [-0.3, -0.25) is 9.78 Å². The molecule has 0 radical (unpaired) electrons. The van der Waals surface area contributed by atoms with Crippen LogP contribution in [0, 0.1) is 0 Å². The van der Waals surface area contributed by atoms with Crippen LogP contribution in [0.25, 0.3) is 0 Å². The first-order valence-electron chi connectivity index (χ1n) is 3.72. The Balaban J connectivity index is 0.000000252. The lowest BCUT2D eigenvalue weighted by atomic mass is 10.4. The quantitative estimate of drug-likeness (QED) is 0.648. The molecule has 1 aromatic rings. The van der Waals surface area contributed by atoms with Gasteiger partial charge >= 0.3 is 0 Å². The second-order valence-corrected chi connectivity index (χ2v) is 2.06. The Labute approximate surface area is 76.7 Å². The van der Waals surface area contributed by atoms with Gasteiger partial charge in [-0.25, -0.2) is 0 Å². The van der Waals surface area contributed by atoms with Gasteiger partial charge in [0.1, 0.15) is 0 Å². The van der Waals surface area contributed by atoms with E-state index in [9.17, 15) is 4.79 Å². The molecule has 0 amide bonds. The summed E-state index contributed by atoms with van der Waals surface area (Å²) in [6.45, 7) is 2.66. The largest absolute Gasteiger partial charge is 0.468 e. The van der Waals surface area contributed by atoms with E-state index in [1.807, 2.05) is 0 Å². The molecule has 0 bridgehead atoms. The average Bonchev–Trinajstić information content (AvgIpc) is 2.13. The molecule has 0 aliphatic carbocycles. The number of nitrogens with two attached hydrogens (primary N) is 2. The highest BCUT2D eigenvalue weighted by atomic mass is 16.5. The van der Waals surface area contributed by atoms with Crippen LogP contribution in [0.15, 0.2) is 18.5 Å². The van der Waals surface area contributed by atoms with Gasteiger partial charge in [-0.15, -0.1) is 0 Å². The second-order valence-electron chi connectivity index (χ2n) is 2.06. The van der Waals surface area contributed by atoms with Crippen LogP contribution in [-0.2, 0) is 9.53 Å². The topological polar surface area (TPSA) is 91.2 Å². The van der Waals surface area contributed by atoms with Crippen LogP contribution in [-0.4, -0.2) is 18.1 Å². The first kappa shape index (κ1) is 11.2. The van der Waals surface area contributed by atoms with Gasteiger partial charge in [0.15, 0.2) is 0 Å². The molecule has 0 aliphatic heterocycles. The summed E-state index contributed by atoms with van der Waals surface area (Å²) in [5, 5.41) is 0. The minimum atomic E-state index is 0.431. The van der Waals surface area contributed by atoms with Gasteiger partial charge in [0.05, 0.1) is 24.2 Å². The molecule has 0 atom stereocenters. The number of ether oxygens (including phenoxy) is 1. The molecule has 5 nitrogen and oxygen atoms in total. The van der Waals surface area contributed by atoms with Gasteiger partial charge in [-0.2, -0.15) is 0 Å². The van der Waals surface area contributed by atoms with Gasteiger partial charge in [-0.1, -0.05) is 0 Å². The van der Waals surface area contributed by atoms with E-state index in [4.69, 9.17) is 11.5 Å². The first-order chi connectivity index (χ1) is 6.22. The Hall–Kier alpha value is -1.78. The lowest BCUT2D eigenvalue weighted by Crippen LogP contribution is -1.93. The molecule has 0 aliphatic rings. The third-order valence-corrected chi connectivity index (χ3v) is 1.12. The van der Waals surface area contributed by atoms with E-state index in [2.05, 4.69) is 9.72 Å². The average molecular weight is 183 g/mol. The zero-order chi connectivity index (χ0) is 10.1. The number of hydrogen-bond acceptors (Lipinski definition) is 5. The molecule has 0 fully saturated rings. The van der Waals surface area contributed by atoms with Crippen LogP contribution in [0.5, 0.6) is 0 Å². The minimum absolute atomic E-state index is 0.431. The van der Waals surface area contributed by atoms with Crippen LogP contribution in [0.2, 0.25) is 0 Å². The predicted octanol–water partition coefficient (Wildman–Crippen LogP) is 0.425. The fraction of sp³-hybridized carbons (Fsp3) is 0.250. The molecule has 0 saturated heterocycles. The predicted molar refractivity (Wildman–Crippen MR) is 50.8 cm³/mol. The highest BCUT2D eigenvalue weighted by molar-refractivity contribution is 5.60. The Bertz CT molecular complexity index is 232. The van der Waals surface area contributed by atoms with Crippen molar-refractivity contribution in [3.8, 4) is 0 Å². The van der Waals surface area contributed by atoms with Gasteiger partial charge in [0, 0.05) is 6.20 Å². The molecule has 13 heavy (non-hydrogen) atoms. The van der Waals surface area contributed by atoms with Crippen LogP contribution in [0.3, 0.4) is 0 Å². The van der Waals surface area contributed by atoms with E-state index < -0.39 is 0 Å². The fourth-order valence-corrected chi connectivity index (χ4v) is 0.485. The van der Waals surface area contributed by atoms with Gasteiger partial charge in [0.25, 0.3) is 6.47 Å². The van der Waals surface area contributed by atoms with Crippen molar-refractivity contribution in [1.29, 1.82) is 0 Å². The van der Waals surface area contributed by atoms with Crippen LogP contribution in [0.4, 0.5) is 11.4 Å². The lowest BCUT2D eigenvalue weighted by molar-refractivity contribution is -0.128. The number of pyridine rings is 1. The molecule has 1 heterocycles. The third kappa shape index (κ3) is 5.49. The van der Waals surface area contributed by atoms with Crippen molar-refractivity contribution in [1.82, 2.24) is 4.98 Å². The summed E-state index contributed by atoms with van der Waals surface area (Å²) < 4.78 is 4.15. The van der Waals surface area contributed by atoms with Gasteiger partial charge < -0.3 is 16.2 Å². The summed E-state index contributed by atoms with van der Waals surface area (Å²) >= 11 is 0. The zero-order valence-electron chi connectivity index (χ0n) is 7.43. The number of carbonyl (C=O) groups is 1. The molecule has 4 N–H and O–H groups in total. The second kappa shape index (κ2) is 6.90. The molecule has 1 rings (SSSR count). The summed E-state index contributed by atoms with van der Waals surface area (Å²) in [5.74, 6) is 0. The van der Waals surface area contributed by atoms with E-state index in [1.165, 1.54) is 6.20 Å². The summed E-state index contributed by atoms with van der Waals surface area (Å²) in [4.78, 5) is 12.9. The Morgan fingerprint density at radius 1 is 1.54 bits per heavy atom. The standard InChI is InChI=1S/C5H7N3.C3H6O2/c6-4-1-2-8-3-5(4)7;1-2-5-3-4/h1-3H,7H2,(H2,6,8);3H,2H2,1H3. The lowest BCUT2D eigenvalue weighted by Gasteiger charge is -1.93. The number of nitrogens with zero attached hydrogens (tertiary/aromatic N) is 1. The normalized spacial score (nSPS) is 8.08. The number of anilines is 2. The third-order valence-electron chi connectivity index (χ3n) is 1.12. The molecule has 1 aromatic heterocycles. The molecule has 0 spiro atoms. The maximum Gasteiger partial charge on any atom is 0.293 e. The van der Waals surface area contributed by atoms with Crippen LogP contribution < -0.4 is 11.5 Å². The van der Waals surface area contributed by atoms with Crippen molar-refractivity contribution >= 4 is 17.8 Å². The maximum absolute atomic E-state index is 9.18. The highest BCUT2D eigenvalue weighted by Gasteiger charge is 1.86. The minimum Gasteiger partial charge on any atom is -0.468 e. The monoisotopic (exact) mass is 183 g/mol. The molecule has 5 heteroatoms. The number of hydrogen-bond donors (Lipinski definition) is 2. The van der Waals surface area contributed by atoms with E-state index in [0.29, 0.717) is 24.5 Å². The zero-order valence-corrected chi connectivity index (χ0v) is 7.43. The summed E-state index contributed by atoms with van der Waals surface area (Å²) in [7, 11) is 0. The highest BCUT2D eigenvalue weighted by Crippen LogP contribution is 2.08. The van der Waals surface area contributed by atoms with E-state index in [0.717, 1.165) is 0 Å². The van der Waals surface area contributed by atoms with Crippen molar-refractivity contribution in [2.24, 2.45) is 0 Å². The van der Waals surface area contributed by atoms with Gasteiger partial charge in [0.2, 0.25) is 0 Å². The molecule has 0 aromatic carbocycles. The van der Waals surface area contributed by atoms with Gasteiger partial charge in [-0.05, 0) is 13.0 Å². The fourth-order valence-electron chi connectivity index (χ4n) is 0.485. The van der Waals surface area contributed by atoms with E-state index >= 15 is 0 Å². The summed E-state index contributed by atoms with van der Waals surface area (Å²) in [6.07, 6.45) is 3.13. The maximum atomic E-state index is 9.18. The van der Waals surface area contributed by atoms with E-state index in [-0.39, 0.29) is 0 Å². The van der Waals surface area contributed by atoms with Crippen molar-refractivity contribution in [3.63, 3.8) is 0 Å². The van der Waals surface area contributed by atoms with Crippen molar-refractivity contribution in [3.05, 3.63) is 18.5 Å². The molecular formula is C8H13N3O2. The van der Waals surface area contributed by atoms with Crippen LogP contribution in [0.1, 0.15) is 6.92 Å². The first-order valence-corrected chi connectivity index (χ1v) is 3.72.